The van der Waals surface area contributed by atoms with Crippen LogP contribution >= 0.6 is 0 Å². The Bertz CT molecular complexity index is 1070. The van der Waals surface area contributed by atoms with Crippen LogP contribution in [0.2, 0.25) is 0 Å². The monoisotopic (exact) mass is 429 g/mol. The quantitative estimate of drug-likeness (QED) is 0.799. The van der Waals surface area contributed by atoms with Crippen molar-refractivity contribution in [3.63, 3.8) is 0 Å². The van der Waals surface area contributed by atoms with Crippen molar-refractivity contribution in [1.29, 1.82) is 0 Å². The Kier molecular flexibility index (Phi) is 5.48. The zero-order chi connectivity index (χ0) is 21.3. The minimum atomic E-state index is -3.75. The number of nitrogens with zero attached hydrogens (tertiary/aromatic N) is 2. The SMILES string of the molecule is CCc1ccc(C(=O)N2CCN(S(=O)(=O)c3ccc4c(c3)NC(=O)CO4)CC2)cc1. The summed E-state index contributed by atoms with van der Waals surface area (Å²) in [4.78, 5) is 26.0. The van der Waals surface area contributed by atoms with E-state index in [0.717, 1.165) is 12.0 Å². The Morgan fingerprint density at radius 2 is 1.77 bits per heavy atom. The van der Waals surface area contributed by atoms with Gasteiger partial charge >= 0.3 is 0 Å². The van der Waals surface area contributed by atoms with Crippen molar-refractivity contribution < 1.29 is 22.7 Å². The number of fused-ring (bicyclic) bond motifs is 1. The van der Waals surface area contributed by atoms with E-state index in [1.54, 1.807) is 11.0 Å². The number of amides is 2. The standard InChI is InChI=1S/C21H23N3O5S/c1-2-15-3-5-16(6-4-15)21(26)23-9-11-24(12-10-23)30(27,28)17-7-8-19-18(13-17)22-20(25)14-29-19/h3-8,13H,2,9-12,14H2,1H3,(H,22,25). The highest BCUT2D eigenvalue weighted by Crippen LogP contribution is 2.31. The van der Waals surface area contributed by atoms with Crippen LogP contribution in [-0.4, -0.2) is 62.2 Å². The third-order valence-electron chi connectivity index (χ3n) is 5.36. The number of carbonyl (C=O) groups excluding carboxylic acids is 2. The summed E-state index contributed by atoms with van der Waals surface area (Å²) in [5.41, 5.74) is 2.11. The van der Waals surface area contributed by atoms with Gasteiger partial charge < -0.3 is 15.0 Å². The molecule has 2 aliphatic heterocycles. The average molecular weight is 429 g/mol. The predicted octanol–water partition coefficient (Wildman–Crippen LogP) is 1.73. The Balaban J connectivity index is 1.44. The first-order valence-electron chi connectivity index (χ1n) is 9.83. The molecule has 0 bridgehead atoms. The minimum Gasteiger partial charge on any atom is -0.482 e. The van der Waals surface area contributed by atoms with Crippen LogP contribution in [0.15, 0.2) is 47.4 Å². The first kappa shape index (κ1) is 20.4. The highest BCUT2D eigenvalue weighted by molar-refractivity contribution is 7.89. The van der Waals surface area contributed by atoms with Gasteiger partial charge in [-0.1, -0.05) is 19.1 Å². The number of benzene rings is 2. The second kappa shape index (κ2) is 8.08. The molecule has 1 saturated heterocycles. The van der Waals surface area contributed by atoms with E-state index in [-0.39, 0.29) is 36.4 Å². The second-order valence-corrected chi connectivity index (χ2v) is 9.18. The molecular weight excluding hydrogens is 406 g/mol. The molecule has 30 heavy (non-hydrogen) atoms. The van der Waals surface area contributed by atoms with Gasteiger partial charge in [-0.25, -0.2) is 8.42 Å². The fourth-order valence-corrected chi connectivity index (χ4v) is 5.02. The molecule has 2 amide bonds. The van der Waals surface area contributed by atoms with Gasteiger partial charge in [0.2, 0.25) is 10.0 Å². The second-order valence-electron chi connectivity index (χ2n) is 7.24. The van der Waals surface area contributed by atoms with Crippen molar-refractivity contribution >= 4 is 27.5 Å². The predicted molar refractivity (Wildman–Crippen MR) is 111 cm³/mol. The van der Waals surface area contributed by atoms with Crippen molar-refractivity contribution in [1.82, 2.24) is 9.21 Å². The smallest absolute Gasteiger partial charge is 0.262 e. The summed E-state index contributed by atoms with van der Waals surface area (Å²) in [6.07, 6.45) is 0.906. The molecule has 0 saturated carbocycles. The van der Waals surface area contributed by atoms with Gasteiger partial charge in [0.05, 0.1) is 10.6 Å². The topological polar surface area (TPSA) is 96.0 Å². The number of carbonyl (C=O) groups is 2. The maximum Gasteiger partial charge on any atom is 0.262 e. The molecule has 4 rings (SSSR count). The van der Waals surface area contributed by atoms with Gasteiger partial charge in [0.15, 0.2) is 6.61 Å². The van der Waals surface area contributed by atoms with Crippen LogP contribution in [0.5, 0.6) is 5.75 Å². The average Bonchev–Trinajstić information content (AvgIpc) is 2.78. The summed E-state index contributed by atoms with van der Waals surface area (Å²) in [6, 6.07) is 11.9. The molecule has 1 fully saturated rings. The molecular formula is C21H23N3O5S. The maximum absolute atomic E-state index is 13.0. The third kappa shape index (κ3) is 3.90. The van der Waals surface area contributed by atoms with Gasteiger partial charge in [-0.3, -0.25) is 9.59 Å². The Labute approximate surface area is 175 Å². The number of sulfonamides is 1. The summed E-state index contributed by atoms with van der Waals surface area (Å²) in [7, 11) is -3.75. The number of hydrogen-bond acceptors (Lipinski definition) is 5. The normalized spacial score (nSPS) is 17.1. The van der Waals surface area contributed by atoms with Crippen LogP contribution in [0.3, 0.4) is 0 Å². The van der Waals surface area contributed by atoms with E-state index in [2.05, 4.69) is 12.2 Å². The number of ether oxygens (including phenoxy) is 1. The van der Waals surface area contributed by atoms with E-state index < -0.39 is 10.0 Å². The molecule has 0 aliphatic carbocycles. The summed E-state index contributed by atoms with van der Waals surface area (Å²) >= 11 is 0. The van der Waals surface area contributed by atoms with Crippen molar-refractivity contribution in [3.8, 4) is 5.75 Å². The lowest BCUT2D eigenvalue weighted by molar-refractivity contribution is -0.118. The molecule has 0 spiro atoms. The molecule has 0 aromatic heterocycles. The molecule has 9 heteroatoms. The fraction of sp³-hybridized carbons (Fsp3) is 0.333. The summed E-state index contributed by atoms with van der Waals surface area (Å²) in [5.74, 6) is 0.0255. The lowest BCUT2D eigenvalue weighted by Crippen LogP contribution is -2.50. The number of rotatable bonds is 4. The Morgan fingerprint density at radius 1 is 1.07 bits per heavy atom. The van der Waals surface area contributed by atoms with Crippen LogP contribution in [0.4, 0.5) is 5.69 Å². The number of aryl methyl sites for hydroxylation is 1. The minimum absolute atomic E-state index is 0.0852. The van der Waals surface area contributed by atoms with Crippen molar-refractivity contribution in [3.05, 3.63) is 53.6 Å². The van der Waals surface area contributed by atoms with E-state index in [0.29, 0.717) is 30.1 Å². The molecule has 2 aromatic carbocycles. The lowest BCUT2D eigenvalue weighted by atomic mass is 10.1. The van der Waals surface area contributed by atoms with Crippen LogP contribution in [0.25, 0.3) is 0 Å². The molecule has 0 unspecified atom stereocenters. The van der Waals surface area contributed by atoms with E-state index >= 15 is 0 Å². The van der Waals surface area contributed by atoms with Gasteiger partial charge in [0.1, 0.15) is 5.75 Å². The first-order chi connectivity index (χ1) is 14.4. The Morgan fingerprint density at radius 3 is 2.43 bits per heavy atom. The van der Waals surface area contributed by atoms with Crippen molar-refractivity contribution in [2.75, 3.05) is 38.1 Å². The number of hydrogen-bond donors (Lipinski definition) is 1. The molecule has 2 heterocycles. The van der Waals surface area contributed by atoms with Crippen LogP contribution < -0.4 is 10.1 Å². The van der Waals surface area contributed by atoms with Gasteiger partial charge in [-0.05, 0) is 42.3 Å². The largest absolute Gasteiger partial charge is 0.482 e. The number of nitrogens with one attached hydrogen (secondary N) is 1. The first-order valence-corrected chi connectivity index (χ1v) is 11.3. The van der Waals surface area contributed by atoms with E-state index in [1.165, 1.54) is 16.4 Å². The van der Waals surface area contributed by atoms with Gasteiger partial charge in [-0.2, -0.15) is 4.31 Å². The number of piperazine rings is 1. The summed E-state index contributed by atoms with van der Waals surface area (Å²) in [6.45, 7) is 3.02. The molecule has 2 aliphatic rings. The molecule has 158 valence electrons. The van der Waals surface area contributed by atoms with Crippen LogP contribution in [-0.2, 0) is 21.2 Å². The number of anilines is 1. The van der Waals surface area contributed by atoms with E-state index in [4.69, 9.17) is 4.74 Å². The van der Waals surface area contributed by atoms with E-state index in [9.17, 15) is 18.0 Å². The van der Waals surface area contributed by atoms with Crippen LogP contribution in [0, 0.1) is 0 Å². The summed E-state index contributed by atoms with van der Waals surface area (Å²) in [5, 5.41) is 2.62. The maximum atomic E-state index is 13.0. The molecule has 2 aromatic rings. The molecule has 1 N–H and O–H groups in total. The zero-order valence-corrected chi connectivity index (χ0v) is 17.4. The van der Waals surface area contributed by atoms with Gasteiger partial charge in [0.25, 0.3) is 11.8 Å². The highest BCUT2D eigenvalue weighted by atomic mass is 32.2. The zero-order valence-electron chi connectivity index (χ0n) is 16.6. The van der Waals surface area contributed by atoms with Gasteiger partial charge in [0, 0.05) is 31.7 Å². The van der Waals surface area contributed by atoms with Gasteiger partial charge in [-0.15, -0.1) is 0 Å². The van der Waals surface area contributed by atoms with E-state index in [1.807, 2.05) is 24.3 Å². The van der Waals surface area contributed by atoms with Crippen LogP contribution in [0.1, 0.15) is 22.8 Å². The lowest BCUT2D eigenvalue weighted by Gasteiger charge is -2.34. The Hall–Kier alpha value is -2.91. The van der Waals surface area contributed by atoms with Crippen molar-refractivity contribution in [2.45, 2.75) is 18.2 Å². The summed E-state index contributed by atoms with van der Waals surface area (Å²) < 4.78 is 32.7. The molecule has 8 nitrogen and oxygen atoms in total. The fourth-order valence-electron chi connectivity index (χ4n) is 3.57. The third-order valence-corrected chi connectivity index (χ3v) is 7.25. The molecule has 0 atom stereocenters. The highest BCUT2D eigenvalue weighted by Gasteiger charge is 2.31. The van der Waals surface area contributed by atoms with Crippen molar-refractivity contribution in [2.24, 2.45) is 0 Å². The molecule has 0 radical (unpaired) electrons.